The van der Waals surface area contributed by atoms with E-state index >= 15 is 0 Å². The average molecular weight is 310 g/mol. The van der Waals surface area contributed by atoms with Crippen molar-refractivity contribution in [1.82, 2.24) is 5.32 Å². The minimum Gasteiger partial charge on any atom is -0.726 e. The SMILES string of the molecule is C=C(C)C(=O)NCCCC[N+](C)(C)C.COS(=O)(=O)[O-]. The van der Waals surface area contributed by atoms with Gasteiger partial charge in [0.1, 0.15) is 0 Å². The first-order valence-corrected chi connectivity index (χ1v) is 7.48. The summed E-state index contributed by atoms with van der Waals surface area (Å²) >= 11 is 0. The average Bonchev–Trinajstić information content (AvgIpc) is 2.26. The highest BCUT2D eigenvalue weighted by Gasteiger charge is 2.05. The van der Waals surface area contributed by atoms with E-state index in [4.69, 9.17) is 0 Å². The van der Waals surface area contributed by atoms with Crippen LogP contribution in [-0.4, -0.2) is 64.7 Å². The molecule has 0 rings (SSSR count). The molecule has 7 nitrogen and oxygen atoms in total. The van der Waals surface area contributed by atoms with Crippen LogP contribution in [0.25, 0.3) is 0 Å². The minimum atomic E-state index is -4.41. The van der Waals surface area contributed by atoms with Crippen LogP contribution in [0.2, 0.25) is 0 Å². The van der Waals surface area contributed by atoms with Crippen LogP contribution >= 0.6 is 0 Å². The molecule has 0 atom stereocenters. The van der Waals surface area contributed by atoms with Crippen molar-refractivity contribution in [3.8, 4) is 0 Å². The summed E-state index contributed by atoms with van der Waals surface area (Å²) in [7, 11) is 2.92. The van der Waals surface area contributed by atoms with Crippen LogP contribution in [0, 0.1) is 0 Å². The maximum absolute atomic E-state index is 11.1. The van der Waals surface area contributed by atoms with Crippen molar-refractivity contribution in [3.63, 3.8) is 0 Å². The number of carbonyl (C=O) groups excluding carboxylic acids is 1. The summed E-state index contributed by atoms with van der Waals surface area (Å²) in [5.41, 5.74) is 0.580. The Kier molecular flexibility index (Phi) is 10.5. The minimum absolute atomic E-state index is 0.0322. The van der Waals surface area contributed by atoms with Crippen molar-refractivity contribution in [1.29, 1.82) is 0 Å². The second-order valence-corrected chi connectivity index (χ2v) is 6.48. The molecular weight excluding hydrogens is 284 g/mol. The van der Waals surface area contributed by atoms with Crippen molar-refractivity contribution in [3.05, 3.63) is 12.2 Å². The van der Waals surface area contributed by atoms with E-state index in [1.165, 1.54) is 0 Å². The quantitative estimate of drug-likeness (QED) is 0.239. The molecule has 0 spiro atoms. The fourth-order valence-corrected chi connectivity index (χ4v) is 1.06. The van der Waals surface area contributed by atoms with Gasteiger partial charge < -0.3 is 14.4 Å². The van der Waals surface area contributed by atoms with E-state index in [9.17, 15) is 17.8 Å². The zero-order valence-electron chi connectivity index (χ0n) is 12.9. The number of amides is 1. The monoisotopic (exact) mass is 310 g/mol. The van der Waals surface area contributed by atoms with Gasteiger partial charge in [-0.25, -0.2) is 8.42 Å². The van der Waals surface area contributed by atoms with Gasteiger partial charge in [0, 0.05) is 12.1 Å². The third-order valence-electron chi connectivity index (χ3n) is 2.13. The smallest absolute Gasteiger partial charge is 0.246 e. The molecule has 0 radical (unpaired) electrons. The highest BCUT2D eigenvalue weighted by molar-refractivity contribution is 7.80. The summed E-state index contributed by atoms with van der Waals surface area (Å²) in [5, 5.41) is 2.82. The Morgan fingerprint density at radius 3 is 2.05 bits per heavy atom. The molecule has 0 bridgehead atoms. The van der Waals surface area contributed by atoms with E-state index in [0.717, 1.165) is 37.5 Å². The number of carbonyl (C=O) groups is 1. The summed E-state index contributed by atoms with van der Waals surface area (Å²) in [6, 6.07) is 0. The highest BCUT2D eigenvalue weighted by atomic mass is 32.3. The molecule has 0 aliphatic heterocycles. The summed E-state index contributed by atoms with van der Waals surface area (Å²) in [5.74, 6) is -0.0322. The second kappa shape index (κ2) is 9.87. The molecule has 0 unspecified atom stereocenters. The largest absolute Gasteiger partial charge is 0.726 e. The van der Waals surface area contributed by atoms with Crippen molar-refractivity contribution in [2.75, 3.05) is 41.3 Å². The Labute approximate surface area is 122 Å². The zero-order chi connectivity index (χ0) is 16.4. The molecule has 1 amide bonds. The van der Waals surface area contributed by atoms with Gasteiger partial charge in [-0.3, -0.25) is 8.98 Å². The molecule has 0 aromatic heterocycles. The van der Waals surface area contributed by atoms with Crippen molar-refractivity contribution < 1.29 is 26.4 Å². The van der Waals surface area contributed by atoms with E-state index < -0.39 is 10.4 Å². The van der Waals surface area contributed by atoms with Gasteiger partial charge in [-0.15, -0.1) is 0 Å². The van der Waals surface area contributed by atoms with Gasteiger partial charge in [0.05, 0.1) is 34.8 Å². The maximum atomic E-state index is 11.1. The van der Waals surface area contributed by atoms with Crippen molar-refractivity contribution in [2.45, 2.75) is 19.8 Å². The molecule has 20 heavy (non-hydrogen) atoms. The first kappa shape index (κ1) is 21.3. The second-order valence-electron chi connectivity index (χ2n) is 5.33. The summed E-state index contributed by atoms with van der Waals surface area (Å²) in [6.07, 6.45) is 2.18. The number of nitrogens with zero attached hydrogens (tertiary/aromatic N) is 1. The fraction of sp³-hybridized carbons (Fsp3) is 0.750. The molecule has 0 saturated heterocycles. The van der Waals surface area contributed by atoms with Crippen LogP contribution in [-0.2, 0) is 19.4 Å². The lowest BCUT2D eigenvalue weighted by molar-refractivity contribution is -0.870. The number of hydrogen-bond acceptors (Lipinski definition) is 5. The molecule has 0 aromatic rings. The van der Waals surface area contributed by atoms with E-state index in [1.54, 1.807) is 6.92 Å². The van der Waals surface area contributed by atoms with Gasteiger partial charge in [-0.1, -0.05) is 6.58 Å². The number of unbranched alkanes of at least 4 members (excludes halogenated alkanes) is 1. The van der Waals surface area contributed by atoms with Crippen LogP contribution in [0.15, 0.2) is 12.2 Å². The predicted molar refractivity (Wildman–Crippen MR) is 76.7 cm³/mol. The molecule has 8 heteroatoms. The Hall–Kier alpha value is -0.960. The first-order valence-electron chi connectivity index (χ1n) is 6.14. The Morgan fingerprint density at radius 2 is 1.75 bits per heavy atom. The lowest BCUT2D eigenvalue weighted by Crippen LogP contribution is -2.35. The number of quaternary nitrogens is 1. The molecule has 0 aliphatic rings. The van der Waals surface area contributed by atoms with Gasteiger partial charge in [0.2, 0.25) is 16.3 Å². The summed E-state index contributed by atoms with van der Waals surface area (Å²) < 4.78 is 32.0. The first-order chi connectivity index (χ1) is 8.89. The predicted octanol–water partition coefficient (Wildman–Crippen LogP) is 0.258. The molecule has 0 aromatic carbocycles. The molecule has 0 heterocycles. The van der Waals surface area contributed by atoms with Crippen LogP contribution in [0.3, 0.4) is 0 Å². The maximum Gasteiger partial charge on any atom is 0.246 e. The normalized spacial score (nSPS) is 11.3. The van der Waals surface area contributed by atoms with Gasteiger partial charge in [0.25, 0.3) is 0 Å². The fourth-order valence-electron chi connectivity index (χ4n) is 1.06. The molecule has 0 aliphatic carbocycles. The van der Waals surface area contributed by atoms with Crippen LogP contribution in [0.4, 0.5) is 0 Å². The standard InChI is InChI=1S/C11H22N2O.CH4O4S/c1-10(2)11(14)12-8-6-7-9-13(3,4)5;1-5-6(2,3)4/h1,6-9H2,2-5H3;1H3,(H,2,3,4). The van der Waals surface area contributed by atoms with Gasteiger partial charge in [-0.2, -0.15) is 0 Å². The Morgan fingerprint density at radius 1 is 1.30 bits per heavy atom. The van der Waals surface area contributed by atoms with E-state index in [0.29, 0.717) is 5.57 Å². The zero-order valence-corrected chi connectivity index (χ0v) is 13.7. The van der Waals surface area contributed by atoms with Crippen molar-refractivity contribution >= 4 is 16.3 Å². The number of rotatable bonds is 7. The van der Waals surface area contributed by atoms with Gasteiger partial charge in [-0.05, 0) is 19.8 Å². The van der Waals surface area contributed by atoms with E-state index in [1.807, 2.05) is 0 Å². The highest BCUT2D eigenvalue weighted by Crippen LogP contribution is 1.96. The third-order valence-corrected chi connectivity index (χ3v) is 2.54. The van der Waals surface area contributed by atoms with Crippen LogP contribution < -0.4 is 5.32 Å². The lowest BCUT2D eigenvalue weighted by atomic mass is 10.2. The number of nitrogens with one attached hydrogen (secondary N) is 1. The van der Waals surface area contributed by atoms with Gasteiger partial charge in [0.15, 0.2) is 0 Å². The van der Waals surface area contributed by atoms with E-state index in [-0.39, 0.29) is 5.91 Å². The molecule has 1 N–H and O–H groups in total. The van der Waals surface area contributed by atoms with E-state index in [2.05, 4.69) is 37.2 Å². The molecular formula is C12H26N2O5S. The summed E-state index contributed by atoms with van der Waals surface area (Å²) in [4.78, 5) is 11.1. The number of hydrogen-bond donors (Lipinski definition) is 1. The molecule has 0 fully saturated rings. The van der Waals surface area contributed by atoms with Crippen LogP contribution in [0.1, 0.15) is 19.8 Å². The topological polar surface area (TPSA) is 95.5 Å². The van der Waals surface area contributed by atoms with Crippen molar-refractivity contribution in [2.24, 2.45) is 0 Å². The third kappa shape index (κ3) is 19.4. The lowest BCUT2D eigenvalue weighted by Gasteiger charge is -2.23. The Bertz CT molecular complexity index is 399. The Balaban J connectivity index is 0. The summed E-state index contributed by atoms with van der Waals surface area (Å²) in [6.45, 7) is 7.20. The molecule has 0 saturated carbocycles. The van der Waals surface area contributed by atoms with Gasteiger partial charge >= 0.3 is 0 Å². The van der Waals surface area contributed by atoms with Crippen LogP contribution in [0.5, 0.6) is 0 Å². The molecule has 120 valence electrons.